The van der Waals surface area contributed by atoms with Gasteiger partial charge in [0.15, 0.2) is 0 Å². The molecule has 3 aromatic rings. The van der Waals surface area contributed by atoms with Crippen LogP contribution in [0.3, 0.4) is 0 Å². The van der Waals surface area contributed by atoms with E-state index in [1.807, 2.05) is 59.5 Å². The van der Waals surface area contributed by atoms with Gasteiger partial charge < -0.3 is 20.9 Å². The molecule has 0 saturated carbocycles. The lowest BCUT2D eigenvalue weighted by Crippen LogP contribution is -2.48. The van der Waals surface area contributed by atoms with Crippen LogP contribution in [0, 0.1) is 0 Å². The average Bonchev–Trinajstić information content (AvgIpc) is 2.79. The van der Waals surface area contributed by atoms with Gasteiger partial charge in [-0.1, -0.05) is 48.5 Å². The third kappa shape index (κ3) is 4.51. The van der Waals surface area contributed by atoms with Crippen molar-refractivity contribution in [3.05, 3.63) is 90.0 Å². The van der Waals surface area contributed by atoms with Gasteiger partial charge >= 0.3 is 0 Å². The first-order valence-electron chi connectivity index (χ1n) is 9.97. The SMILES string of the molecule is Nc1ccc(N2CCN(C(=O)c3ccccc3)CC2)cc1NCc1ccccc1. The summed E-state index contributed by atoms with van der Waals surface area (Å²) in [5, 5.41) is 3.44. The molecule has 5 heteroatoms. The second-order valence-corrected chi connectivity index (χ2v) is 7.26. The molecule has 0 spiro atoms. The quantitative estimate of drug-likeness (QED) is 0.654. The van der Waals surface area contributed by atoms with Crippen molar-refractivity contribution >= 4 is 23.0 Å². The number of carbonyl (C=O) groups excluding carboxylic acids is 1. The van der Waals surface area contributed by atoms with Crippen LogP contribution in [-0.2, 0) is 6.54 Å². The van der Waals surface area contributed by atoms with Gasteiger partial charge in [0.05, 0.1) is 11.4 Å². The first-order chi connectivity index (χ1) is 14.2. The van der Waals surface area contributed by atoms with Crippen LogP contribution in [0.1, 0.15) is 15.9 Å². The standard InChI is InChI=1S/C24H26N4O/c25-22-12-11-21(17-23(22)26-18-19-7-3-1-4-8-19)27-13-15-28(16-14-27)24(29)20-9-5-2-6-10-20/h1-12,17,26H,13-16,18,25H2. The second kappa shape index (κ2) is 8.69. The molecule has 0 bridgehead atoms. The molecule has 0 aliphatic carbocycles. The summed E-state index contributed by atoms with van der Waals surface area (Å²) < 4.78 is 0. The first-order valence-corrected chi connectivity index (χ1v) is 9.97. The van der Waals surface area contributed by atoms with Crippen LogP contribution in [0.25, 0.3) is 0 Å². The second-order valence-electron chi connectivity index (χ2n) is 7.26. The van der Waals surface area contributed by atoms with Crippen LogP contribution >= 0.6 is 0 Å². The van der Waals surface area contributed by atoms with Gasteiger partial charge in [-0.25, -0.2) is 0 Å². The van der Waals surface area contributed by atoms with Crippen molar-refractivity contribution < 1.29 is 4.79 Å². The minimum atomic E-state index is 0.104. The van der Waals surface area contributed by atoms with Crippen molar-refractivity contribution in [3.63, 3.8) is 0 Å². The third-order valence-corrected chi connectivity index (χ3v) is 5.32. The fraction of sp³-hybridized carbons (Fsp3) is 0.208. The molecule has 0 atom stereocenters. The molecular weight excluding hydrogens is 360 g/mol. The Hall–Kier alpha value is -3.47. The fourth-order valence-electron chi connectivity index (χ4n) is 3.62. The molecule has 148 valence electrons. The Bertz CT molecular complexity index is 951. The van der Waals surface area contributed by atoms with Gasteiger partial charge in [0.25, 0.3) is 5.91 Å². The molecule has 4 rings (SSSR count). The first kappa shape index (κ1) is 18.9. The van der Waals surface area contributed by atoms with Gasteiger partial charge in [-0.15, -0.1) is 0 Å². The summed E-state index contributed by atoms with van der Waals surface area (Å²) >= 11 is 0. The van der Waals surface area contributed by atoms with E-state index < -0.39 is 0 Å². The predicted molar refractivity (Wildman–Crippen MR) is 119 cm³/mol. The minimum absolute atomic E-state index is 0.104. The van der Waals surface area contributed by atoms with E-state index in [1.165, 1.54) is 5.56 Å². The number of anilines is 3. The van der Waals surface area contributed by atoms with Gasteiger partial charge in [-0.3, -0.25) is 4.79 Å². The lowest BCUT2D eigenvalue weighted by atomic mass is 10.1. The van der Waals surface area contributed by atoms with Gasteiger partial charge in [0.2, 0.25) is 0 Å². The molecule has 0 unspecified atom stereocenters. The number of nitrogens with one attached hydrogen (secondary N) is 1. The Balaban J connectivity index is 1.39. The number of hydrogen-bond acceptors (Lipinski definition) is 4. The summed E-state index contributed by atoms with van der Waals surface area (Å²) in [6.07, 6.45) is 0. The molecule has 3 aromatic carbocycles. The van der Waals surface area contributed by atoms with E-state index in [2.05, 4.69) is 34.5 Å². The van der Waals surface area contributed by atoms with Crippen molar-refractivity contribution in [1.82, 2.24) is 4.90 Å². The number of nitrogen functional groups attached to an aromatic ring is 1. The summed E-state index contributed by atoms with van der Waals surface area (Å²) in [4.78, 5) is 16.9. The molecule has 0 aromatic heterocycles. The van der Waals surface area contributed by atoms with Crippen molar-refractivity contribution in [2.24, 2.45) is 0 Å². The molecule has 3 N–H and O–H groups in total. The van der Waals surface area contributed by atoms with Crippen LogP contribution in [0.15, 0.2) is 78.9 Å². The number of nitrogens with zero attached hydrogens (tertiary/aromatic N) is 2. The van der Waals surface area contributed by atoms with Crippen LogP contribution in [-0.4, -0.2) is 37.0 Å². The lowest BCUT2D eigenvalue weighted by Gasteiger charge is -2.36. The maximum atomic E-state index is 12.6. The van der Waals surface area contributed by atoms with Crippen molar-refractivity contribution in [2.75, 3.05) is 42.1 Å². The maximum Gasteiger partial charge on any atom is 0.253 e. The van der Waals surface area contributed by atoms with Gasteiger partial charge in [0, 0.05) is 44.0 Å². The van der Waals surface area contributed by atoms with Crippen LogP contribution in [0.5, 0.6) is 0 Å². The lowest BCUT2D eigenvalue weighted by molar-refractivity contribution is 0.0747. The average molecular weight is 386 g/mol. The minimum Gasteiger partial charge on any atom is -0.397 e. The maximum absolute atomic E-state index is 12.6. The van der Waals surface area contributed by atoms with Crippen molar-refractivity contribution in [3.8, 4) is 0 Å². The summed E-state index contributed by atoms with van der Waals surface area (Å²) in [6.45, 7) is 3.77. The van der Waals surface area contributed by atoms with Crippen LogP contribution in [0.4, 0.5) is 17.1 Å². The van der Waals surface area contributed by atoms with E-state index in [1.54, 1.807) is 0 Å². The molecule has 0 radical (unpaired) electrons. The molecule has 29 heavy (non-hydrogen) atoms. The summed E-state index contributed by atoms with van der Waals surface area (Å²) in [5.41, 5.74) is 10.9. The summed E-state index contributed by atoms with van der Waals surface area (Å²) in [6, 6.07) is 25.9. The number of carbonyl (C=O) groups is 1. The van der Waals surface area contributed by atoms with Gasteiger partial charge in [0.1, 0.15) is 0 Å². The molecule has 1 aliphatic heterocycles. The van der Waals surface area contributed by atoms with E-state index >= 15 is 0 Å². The highest BCUT2D eigenvalue weighted by atomic mass is 16.2. The van der Waals surface area contributed by atoms with Gasteiger partial charge in [-0.05, 0) is 35.9 Å². The summed E-state index contributed by atoms with van der Waals surface area (Å²) in [7, 11) is 0. The molecule has 1 fully saturated rings. The zero-order valence-electron chi connectivity index (χ0n) is 16.4. The Morgan fingerprint density at radius 3 is 2.21 bits per heavy atom. The predicted octanol–water partition coefficient (Wildman–Crippen LogP) is 3.84. The third-order valence-electron chi connectivity index (χ3n) is 5.32. The molecule has 1 heterocycles. The van der Waals surface area contributed by atoms with Crippen LogP contribution in [0.2, 0.25) is 0 Å². The van der Waals surface area contributed by atoms with E-state index in [0.717, 1.165) is 42.3 Å². The molecule has 5 nitrogen and oxygen atoms in total. The number of benzene rings is 3. The highest BCUT2D eigenvalue weighted by molar-refractivity contribution is 5.94. The highest BCUT2D eigenvalue weighted by Crippen LogP contribution is 2.27. The normalized spacial score (nSPS) is 13.9. The van der Waals surface area contributed by atoms with Gasteiger partial charge in [-0.2, -0.15) is 0 Å². The Morgan fingerprint density at radius 1 is 0.862 bits per heavy atom. The van der Waals surface area contributed by atoms with E-state index in [9.17, 15) is 4.79 Å². The molecule has 1 amide bonds. The Labute approximate surface area is 171 Å². The smallest absolute Gasteiger partial charge is 0.253 e. The van der Waals surface area contributed by atoms with Crippen LogP contribution < -0.4 is 16.0 Å². The number of amides is 1. The Kier molecular flexibility index (Phi) is 5.66. The zero-order chi connectivity index (χ0) is 20.1. The Morgan fingerprint density at radius 2 is 1.52 bits per heavy atom. The molecular formula is C24H26N4O. The highest BCUT2D eigenvalue weighted by Gasteiger charge is 2.22. The van der Waals surface area contributed by atoms with Crippen molar-refractivity contribution in [2.45, 2.75) is 6.54 Å². The number of nitrogens with two attached hydrogens (primary N) is 1. The number of hydrogen-bond donors (Lipinski definition) is 2. The molecule has 1 aliphatic rings. The van der Waals surface area contributed by atoms with Crippen molar-refractivity contribution in [1.29, 1.82) is 0 Å². The summed E-state index contributed by atoms with van der Waals surface area (Å²) in [5.74, 6) is 0.104. The van der Waals surface area contributed by atoms with E-state index in [0.29, 0.717) is 13.1 Å². The zero-order valence-corrected chi connectivity index (χ0v) is 16.4. The number of rotatable bonds is 5. The van der Waals surface area contributed by atoms with E-state index in [-0.39, 0.29) is 5.91 Å². The number of piperazine rings is 1. The molecule has 1 saturated heterocycles. The monoisotopic (exact) mass is 386 g/mol. The van der Waals surface area contributed by atoms with E-state index in [4.69, 9.17) is 5.73 Å². The fourth-order valence-corrected chi connectivity index (χ4v) is 3.62. The topological polar surface area (TPSA) is 61.6 Å². The largest absolute Gasteiger partial charge is 0.397 e.